The first-order valence-electron chi connectivity index (χ1n) is 13.3. The molecule has 11 heteroatoms. The van der Waals surface area contributed by atoms with Crippen molar-refractivity contribution in [3.8, 4) is 22.3 Å². The molecule has 0 radical (unpaired) electrons. The number of pyridine rings is 3. The van der Waals surface area contributed by atoms with Crippen LogP contribution in [0.15, 0.2) is 55.0 Å². The number of fused-ring (bicyclic) bond motifs is 2. The highest BCUT2D eigenvalue weighted by Crippen LogP contribution is 2.59. The lowest BCUT2D eigenvalue weighted by molar-refractivity contribution is 0.0841. The molecule has 5 aromatic heterocycles. The summed E-state index contributed by atoms with van der Waals surface area (Å²) < 4.78 is 21.3. The number of rotatable bonds is 7. The van der Waals surface area contributed by atoms with Crippen LogP contribution in [0.4, 0.5) is 4.39 Å². The molecular formula is C29H26FN7O2S. The number of amides is 1. The molecular weight excluding hydrogens is 529 g/mol. The Morgan fingerprint density at radius 3 is 2.75 bits per heavy atom. The lowest BCUT2D eigenvalue weighted by Gasteiger charge is -2.39. The minimum Gasteiger partial charge on any atom is -0.492 e. The minimum atomic E-state index is -0.485. The number of carbonyl (C=O) groups is 1. The molecule has 3 saturated carbocycles. The van der Waals surface area contributed by atoms with Gasteiger partial charge in [-0.15, -0.1) is 21.5 Å². The molecule has 9 nitrogen and oxygen atoms in total. The summed E-state index contributed by atoms with van der Waals surface area (Å²) in [5.74, 6) is 2.09. The number of hydrogen-bond acceptors (Lipinski definition) is 8. The normalized spacial score (nSPS) is 21.4. The van der Waals surface area contributed by atoms with Gasteiger partial charge in [-0.25, -0.2) is 9.37 Å². The second-order valence-corrected chi connectivity index (χ2v) is 11.8. The summed E-state index contributed by atoms with van der Waals surface area (Å²) in [5, 5.41) is 13.6. The summed E-state index contributed by atoms with van der Waals surface area (Å²) >= 11 is 1.68. The number of hydrogen-bond donors (Lipinski definition) is 1. The molecule has 3 aliphatic carbocycles. The molecule has 8 rings (SSSR count). The van der Waals surface area contributed by atoms with Crippen molar-refractivity contribution in [2.45, 2.75) is 44.6 Å². The van der Waals surface area contributed by atoms with Crippen molar-refractivity contribution in [2.24, 2.45) is 5.92 Å². The second-order valence-electron chi connectivity index (χ2n) is 10.5. The molecule has 0 aliphatic heterocycles. The fourth-order valence-electron chi connectivity index (χ4n) is 6.16. The third kappa shape index (κ3) is 4.12. The molecule has 1 N–H and O–H groups in total. The Labute approximate surface area is 233 Å². The first-order chi connectivity index (χ1) is 19.4. The van der Waals surface area contributed by atoms with Crippen LogP contribution in [-0.4, -0.2) is 47.8 Å². The van der Waals surface area contributed by atoms with E-state index in [2.05, 4.69) is 49.0 Å². The topological polar surface area (TPSA) is 108 Å². The average Bonchev–Trinajstić information content (AvgIpc) is 3.70. The van der Waals surface area contributed by atoms with Gasteiger partial charge < -0.3 is 10.1 Å². The first kappa shape index (κ1) is 24.8. The summed E-state index contributed by atoms with van der Waals surface area (Å²) in [4.78, 5) is 27.5. The smallest absolute Gasteiger partial charge is 0.254 e. The van der Waals surface area contributed by atoms with E-state index in [1.165, 1.54) is 17.1 Å². The molecule has 202 valence electrons. The highest BCUT2D eigenvalue weighted by molar-refractivity contribution is 7.14. The Morgan fingerprint density at radius 1 is 1.12 bits per heavy atom. The van der Waals surface area contributed by atoms with E-state index in [-0.39, 0.29) is 17.4 Å². The van der Waals surface area contributed by atoms with E-state index < -0.39 is 5.82 Å². The molecule has 1 amide bonds. The monoisotopic (exact) mass is 555 g/mol. The van der Waals surface area contributed by atoms with Crippen molar-refractivity contribution in [3.63, 3.8) is 0 Å². The Balaban J connectivity index is 1.19. The number of nitrogens with one attached hydrogen (secondary N) is 1. The molecule has 40 heavy (non-hydrogen) atoms. The van der Waals surface area contributed by atoms with E-state index in [0.717, 1.165) is 42.0 Å². The Hall–Kier alpha value is -4.25. The number of thiophene rings is 1. The number of nitrogens with zero attached hydrogens (tertiary/aromatic N) is 6. The largest absolute Gasteiger partial charge is 0.492 e. The maximum Gasteiger partial charge on any atom is 0.254 e. The second kappa shape index (κ2) is 9.44. The van der Waals surface area contributed by atoms with Gasteiger partial charge in [0, 0.05) is 28.6 Å². The molecule has 0 saturated heterocycles. The maximum atomic E-state index is 13.7. The lowest BCUT2D eigenvalue weighted by atomic mass is 9.76. The van der Waals surface area contributed by atoms with Crippen LogP contribution in [0.2, 0.25) is 0 Å². The van der Waals surface area contributed by atoms with Gasteiger partial charge in [0.1, 0.15) is 33.6 Å². The molecule has 0 spiro atoms. The van der Waals surface area contributed by atoms with Gasteiger partial charge in [0.2, 0.25) is 0 Å². The molecule has 3 aliphatic rings. The van der Waals surface area contributed by atoms with E-state index in [0.29, 0.717) is 40.7 Å². The van der Waals surface area contributed by atoms with Gasteiger partial charge in [-0.3, -0.25) is 19.3 Å². The zero-order valence-electron chi connectivity index (χ0n) is 22.0. The number of aromatic nitrogens is 6. The highest BCUT2D eigenvalue weighted by atomic mass is 32.1. The van der Waals surface area contributed by atoms with Crippen LogP contribution in [0, 0.1) is 18.7 Å². The Bertz CT molecular complexity index is 1740. The van der Waals surface area contributed by atoms with Crippen LogP contribution in [-0.2, 0) is 0 Å². The molecule has 3 fully saturated rings. The molecule has 0 aromatic carbocycles. The van der Waals surface area contributed by atoms with Gasteiger partial charge in [-0.2, -0.15) is 0 Å². The van der Waals surface area contributed by atoms with Crippen LogP contribution in [0.3, 0.4) is 0 Å². The number of carbonyl (C=O) groups excluding carboxylic acids is 1. The average molecular weight is 556 g/mol. The molecule has 5 heterocycles. The van der Waals surface area contributed by atoms with E-state index in [1.54, 1.807) is 23.6 Å². The summed E-state index contributed by atoms with van der Waals surface area (Å²) in [6.45, 7) is 4.59. The summed E-state index contributed by atoms with van der Waals surface area (Å²) in [5.41, 5.74) is 1.53. The van der Waals surface area contributed by atoms with E-state index in [4.69, 9.17) is 9.84 Å². The SMILES string of the molecule is CCOc1ccc(-c2nnc([C@H]3CC4(NC(=O)c5ccnc6cc(F)cnc56)CC3C4)n2-c2ccc(C)s2)nc1. The fourth-order valence-corrected chi connectivity index (χ4v) is 7.03. The van der Waals surface area contributed by atoms with Gasteiger partial charge in [-0.05, 0) is 69.4 Å². The van der Waals surface area contributed by atoms with Crippen molar-refractivity contribution in [3.05, 3.63) is 77.1 Å². The Kier molecular flexibility index (Phi) is 5.85. The Morgan fingerprint density at radius 2 is 2.00 bits per heavy atom. The summed E-state index contributed by atoms with van der Waals surface area (Å²) in [6.07, 6.45) is 6.82. The van der Waals surface area contributed by atoms with Crippen LogP contribution >= 0.6 is 11.3 Å². The van der Waals surface area contributed by atoms with Crippen molar-refractivity contribution in [2.75, 3.05) is 6.61 Å². The molecule has 0 unspecified atom stereocenters. The molecule has 5 aromatic rings. The highest BCUT2D eigenvalue weighted by Gasteiger charge is 2.58. The van der Waals surface area contributed by atoms with Crippen LogP contribution in [0.25, 0.3) is 27.6 Å². The van der Waals surface area contributed by atoms with Crippen molar-refractivity contribution in [1.82, 2.24) is 35.0 Å². The van der Waals surface area contributed by atoms with Gasteiger partial charge in [-0.1, -0.05) is 0 Å². The minimum absolute atomic E-state index is 0.132. The first-order valence-corrected chi connectivity index (χ1v) is 14.1. The van der Waals surface area contributed by atoms with Crippen LogP contribution in [0.5, 0.6) is 5.75 Å². The standard InChI is InChI=1S/C29H26FN7O2S/c1-3-39-19-5-6-22(32-15-19)27-36-35-26(37(27)24-7-4-16(2)40-24)21-13-29(11-17(21)12-29)34-28(38)20-8-9-31-23-10-18(30)14-33-25(20)23/h4-10,14-15,17,21H,3,11-13H2,1-2H3,(H,34,38)/t17?,21-,29?/m0/s1. The van der Waals surface area contributed by atoms with Gasteiger partial charge in [0.15, 0.2) is 5.82 Å². The van der Waals surface area contributed by atoms with Gasteiger partial charge in [0.05, 0.1) is 30.1 Å². The zero-order chi connectivity index (χ0) is 27.4. The number of aryl methyl sites for hydroxylation is 1. The van der Waals surface area contributed by atoms with Crippen LogP contribution < -0.4 is 10.1 Å². The third-order valence-electron chi connectivity index (χ3n) is 7.90. The molecule has 2 bridgehead atoms. The van der Waals surface area contributed by atoms with Gasteiger partial charge >= 0.3 is 0 Å². The van der Waals surface area contributed by atoms with Crippen LogP contribution in [0.1, 0.15) is 53.2 Å². The van der Waals surface area contributed by atoms with Gasteiger partial charge in [0.25, 0.3) is 5.91 Å². The summed E-state index contributed by atoms with van der Waals surface area (Å²) in [7, 11) is 0. The third-order valence-corrected chi connectivity index (χ3v) is 8.88. The number of ether oxygens (including phenoxy) is 1. The van der Waals surface area contributed by atoms with Crippen molar-refractivity contribution < 1.29 is 13.9 Å². The number of halogens is 1. The quantitative estimate of drug-likeness (QED) is 0.292. The predicted molar refractivity (Wildman–Crippen MR) is 148 cm³/mol. The molecule has 1 atom stereocenters. The van der Waals surface area contributed by atoms with Crippen molar-refractivity contribution in [1.29, 1.82) is 0 Å². The fraction of sp³-hybridized carbons (Fsp3) is 0.310. The van der Waals surface area contributed by atoms with Crippen molar-refractivity contribution >= 4 is 28.3 Å². The van der Waals surface area contributed by atoms with E-state index in [9.17, 15) is 9.18 Å². The lowest BCUT2D eigenvalue weighted by Crippen LogP contribution is -2.51. The zero-order valence-corrected chi connectivity index (χ0v) is 22.8. The predicted octanol–water partition coefficient (Wildman–Crippen LogP) is 5.25. The maximum absolute atomic E-state index is 13.7. The summed E-state index contributed by atoms with van der Waals surface area (Å²) in [6, 6.07) is 10.9. The van der Waals surface area contributed by atoms with E-state index in [1.807, 2.05) is 19.1 Å². The van der Waals surface area contributed by atoms with E-state index >= 15 is 0 Å².